The SMILES string of the molecule is CNCCCc1nc(-c2ccc(F)c(C)c2)cs1. The second-order valence-corrected chi connectivity index (χ2v) is 5.24. The number of rotatable bonds is 5. The molecule has 0 radical (unpaired) electrons. The molecule has 0 fully saturated rings. The van der Waals surface area contributed by atoms with Crippen LogP contribution in [0.5, 0.6) is 0 Å². The first-order valence-electron chi connectivity index (χ1n) is 6.06. The molecule has 0 bridgehead atoms. The molecule has 0 aliphatic heterocycles. The van der Waals surface area contributed by atoms with Crippen molar-refractivity contribution >= 4 is 11.3 Å². The van der Waals surface area contributed by atoms with Gasteiger partial charge in [-0.1, -0.05) is 0 Å². The van der Waals surface area contributed by atoms with Gasteiger partial charge in [-0.05, 0) is 50.7 Å². The van der Waals surface area contributed by atoms with Gasteiger partial charge < -0.3 is 5.32 Å². The van der Waals surface area contributed by atoms with Crippen LogP contribution in [-0.4, -0.2) is 18.6 Å². The molecule has 2 aromatic rings. The number of nitrogens with zero attached hydrogens (tertiary/aromatic N) is 1. The van der Waals surface area contributed by atoms with E-state index in [1.54, 1.807) is 24.3 Å². The Kier molecular flexibility index (Phi) is 4.44. The molecule has 0 saturated heterocycles. The van der Waals surface area contributed by atoms with Crippen molar-refractivity contribution in [2.24, 2.45) is 0 Å². The minimum Gasteiger partial charge on any atom is -0.320 e. The van der Waals surface area contributed by atoms with Crippen LogP contribution in [0.2, 0.25) is 0 Å². The number of aromatic nitrogens is 1. The average Bonchev–Trinajstić information content (AvgIpc) is 2.82. The summed E-state index contributed by atoms with van der Waals surface area (Å²) in [7, 11) is 1.95. The van der Waals surface area contributed by atoms with Gasteiger partial charge in [0.2, 0.25) is 0 Å². The first-order valence-corrected chi connectivity index (χ1v) is 6.94. The van der Waals surface area contributed by atoms with Crippen LogP contribution in [0.15, 0.2) is 23.6 Å². The lowest BCUT2D eigenvalue weighted by Crippen LogP contribution is -2.08. The van der Waals surface area contributed by atoms with Crippen molar-refractivity contribution in [2.45, 2.75) is 19.8 Å². The zero-order chi connectivity index (χ0) is 13.0. The van der Waals surface area contributed by atoms with E-state index in [-0.39, 0.29) is 5.82 Å². The van der Waals surface area contributed by atoms with Crippen LogP contribution in [-0.2, 0) is 6.42 Å². The summed E-state index contributed by atoms with van der Waals surface area (Å²) in [6.45, 7) is 2.78. The zero-order valence-electron chi connectivity index (χ0n) is 10.7. The van der Waals surface area contributed by atoms with E-state index >= 15 is 0 Å². The lowest BCUT2D eigenvalue weighted by molar-refractivity contribution is 0.619. The lowest BCUT2D eigenvalue weighted by atomic mass is 10.1. The van der Waals surface area contributed by atoms with Gasteiger partial charge in [0.25, 0.3) is 0 Å². The highest BCUT2D eigenvalue weighted by Gasteiger charge is 2.06. The van der Waals surface area contributed by atoms with E-state index in [4.69, 9.17) is 0 Å². The average molecular weight is 264 g/mol. The summed E-state index contributed by atoms with van der Waals surface area (Å²) in [6.07, 6.45) is 2.08. The maximum absolute atomic E-state index is 13.2. The van der Waals surface area contributed by atoms with Gasteiger partial charge in [-0.15, -0.1) is 11.3 Å². The molecule has 2 nitrogen and oxygen atoms in total. The Hall–Kier alpha value is -1.26. The molecular weight excluding hydrogens is 247 g/mol. The lowest BCUT2D eigenvalue weighted by Gasteiger charge is -2.00. The van der Waals surface area contributed by atoms with Crippen LogP contribution in [0.4, 0.5) is 4.39 Å². The largest absolute Gasteiger partial charge is 0.320 e. The summed E-state index contributed by atoms with van der Waals surface area (Å²) >= 11 is 1.67. The summed E-state index contributed by atoms with van der Waals surface area (Å²) in [5, 5.41) is 6.31. The molecule has 0 spiro atoms. The van der Waals surface area contributed by atoms with Crippen LogP contribution in [0, 0.1) is 12.7 Å². The second-order valence-electron chi connectivity index (χ2n) is 4.30. The zero-order valence-corrected chi connectivity index (χ0v) is 11.5. The minimum atomic E-state index is -0.164. The van der Waals surface area contributed by atoms with E-state index in [1.807, 2.05) is 18.5 Å². The summed E-state index contributed by atoms with van der Waals surface area (Å²) in [6, 6.07) is 5.14. The first kappa shape index (κ1) is 13.2. The third-order valence-electron chi connectivity index (χ3n) is 2.82. The van der Waals surface area contributed by atoms with E-state index in [9.17, 15) is 4.39 Å². The fraction of sp³-hybridized carbons (Fsp3) is 0.357. The minimum absolute atomic E-state index is 0.164. The maximum atomic E-state index is 13.2. The van der Waals surface area contributed by atoms with E-state index in [2.05, 4.69) is 10.3 Å². The summed E-state index contributed by atoms with van der Waals surface area (Å²) in [5.41, 5.74) is 2.60. The summed E-state index contributed by atoms with van der Waals surface area (Å²) in [5.74, 6) is -0.164. The van der Waals surface area contributed by atoms with E-state index in [0.29, 0.717) is 5.56 Å². The Labute approximate surface area is 111 Å². The maximum Gasteiger partial charge on any atom is 0.126 e. The van der Waals surface area contributed by atoms with Gasteiger partial charge in [0.05, 0.1) is 10.7 Å². The monoisotopic (exact) mass is 264 g/mol. The van der Waals surface area contributed by atoms with Gasteiger partial charge >= 0.3 is 0 Å². The van der Waals surface area contributed by atoms with Crippen LogP contribution in [0.25, 0.3) is 11.3 Å². The second kappa shape index (κ2) is 6.07. The molecule has 0 aliphatic carbocycles. The molecule has 1 aromatic heterocycles. The van der Waals surface area contributed by atoms with Gasteiger partial charge in [-0.25, -0.2) is 9.37 Å². The molecule has 18 heavy (non-hydrogen) atoms. The van der Waals surface area contributed by atoms with Gasteiger partial charge in [0.1, 0.15) is 5.82 Å². The fourth-order valence-electron chi connectivity index (χ4n) is 1.78. The van der Waals surface area contributed by atoms with Crippen molar-refractivity contribution in [3.63, 3.8) is 0 Å². The number of hydrogen-bond donors (Lipinski definition) is 1. The number of nitrogens with one attached hydrogen (secondary N) is 1. The third-order valence-corrected chi connectivity index (χ3v) is 3.73. The van der Waals surface area contributed by atoms with Crippen molar-refractivity contribution in [1.29, 1.82) is 0 Å². The predicted octanol–water partition coefficient (Wildman–Crippen LogP) is 3.41. The Balaban J connectivity index is 2.11. The molecule has 1 aromatic carbocycles. The van der Waals surface area contributed by atoms with Crippen LogP contribution >= 0.6 is 11.3 Å². The topological polar surface area (TPSA) is 24.9 Å². The molecule has 2 rings (SSSR count). The van der Waals surface area contributed by atoms with E-state index in [1.165, 1.54) is 6.07 Å². The summed E-state index contributed by atoms with van der Waals surface area (Å²) in [4.78, 5) is 4.59. The van der Waals surface area contributed by atoms with Gasteiger partial charge in [-0.3, -0.25) is 0 Å². The highest BCUT2D eigenvalue weighted by molar-refractivity contribution is 7.09. The number of aryl methyl sites for hydroxylation is 2. The molecule has 1 heterocycles. The van der Waals surface area contributed by atoms with E-state index in [0.717, 1.165) is 35.7 Å². The third kappa shape index (κ3) is 3.15. The number of thiazole rings is 1. The van der Waals surface area contributed by atoms with Crippen LogP contribution < -0.4 is 5.32 Å². The molecule has 0 atom stereocenters. The number of benzene rings is 1. The first-order chi connectivity index (χ1) is 8.70. The van der Waals surface area contributed by atoms with Gasteiger partial charge in [0.15, 0.2) is 0 Å². The van der Waals surface area contributed by atoms with Crippen molar-refractivity contribution in [3.05, 3.63) is 40.0 Å². The quantitative estimate of drug-likeness (QED) is 0.837. The molecule has 4 heteroatoms. The van der Waals surface area contributed by atoms with Gasteiger partial charge in [-0.2, -0.15) is 0 Å². The molecule has 0 saturated carbocycles. The normalized spacial score (nSPS) is 10.8. The number of halogens is 1. The Morgan fingerprint density at radius 2 is 2.22 bits per heavy atom. The van der Waals surface area contributed by atoms with E-state index < -0.39 is 0 Å². The van der Waals surface area contributed by atoms with Crippen molar-refractivity contribution < 1.29 is 4.39 Å². The fourth-order valence-corrected chi connectivity index (χ4v) is 2.63. The molecule has 0 unspecified atom stereocenters. The van der Waals surface area contributed by atoms with Crippen molar-refractivity contribution in [2.75, 3.05) is 13.6 Å². The molecular formula is C14H17FN2S. The molecule has 1 N–H and O–H groups in total. The smallest absolute Gasteiger partial charge is 0.126 e. The van der Waals surface area contributed by atoms with Crippen LogP contribution in [0.1, 0.15) is 17.0 Å². The van der Waals surface area contributed by atoms with Gasteiger partial charge in [0, 0.05) is 17.4 Å². The Bertz CT molecular complexity index is 522. The number of hydrogen-bond acceptors (Lipinski definition) is 3. The molecule has 96 valence electrons. The predicted molar refractivity (Wildman–Crippen MR) is 74.5 cm³/mol. The van der Waals surface area contributed by atoms with Crippen molar-refractivity contribution in [1.82, 2.24) is 10.3 Å². The standard InChI is InChI=1S/C14H17FN2S/c1-10-8-11(5-6-12(10)15)13-9-18-14(17-13)4-3-7-16-2/h5-6,8-9,16H,3-4,7H2,1-2H3. The van der Waals surface area contributed by atoms with Crippen LogP contribution in [0.3, 0.4) is 0 Å². The summed E-state index contributed by atoms with van der Waals surface area (Å²) < 4.78 is 13.2. The van der Waals surface area contributed by atoms with Crippen molar-refractivity contribution in [3.8, 4) is 11.3 Å². The Morgan fingerprint density at radius 3 is 2.94 bits per heavy atom. The highest BCUT2D eigenvalue weighted by atomic mass is 32.1. The highest BCUT2D eigenvalue weighted by Crippen LogP contribution is 2.24. The molecule has 0 aliphatic rings. The Morgan fingerprint density at radius 1 is 1.39 bits per heavy atom. The molecule has 0 amide bonds.